The molecule has 0 amide bonds. The molecule has 2 rings (SSSR count). The van der Waals surface area contributed by atoms with Crippen LogP contribution >= 0.6 is 0 Å². The van der Waals surface area contributed by atoms with E-state index < -0.39 is 18.9 Å². The second-order valence-corrected chi connectivity index (χ2v) is 5.26. The summed E-state index contributed by atoms with van der Waals surface area (Å²) in [6, 6.07) is 14.5. The molecule has 0 aliphatic carbocycles. The molecule has 0 fully saturated rings. The number of aliphatic hydroxyl groups is 2. The highest BCUT2D eigenvalue weighted by Crippen LogP contribution is 2.24. The van der Waals surface area contributed by atoms with Crippen molar-refractivity contribution in [3.63, 3.8) is 0 Å². The number of aliphatic hydroxyl groups excluding tert-OH is 2. The van der Waals surface area contributed by atoms with Gasteiger partial charge in [-0.15, -0.1) is 0 Å². The van der Waals surface area contributed by atoms with Crippen LogP contribution in [0.3, 0.4) is 0 Å². The molecule has 2 aromatic carbocycles. The molecule has 2 aromatic rings. The van der Waals surface area contributed by atoms with E-state index in [0.717, 1.165) is 16.8 Å². The van der Waals surface area contributed by atoms with E-state index in [2.05, 4.69) is 0 Å². The van der Waals surface area contributed by atoms with Gasteiger partial charge in [0, 0.05) is 19.3 Å². The first kappa shape index (κ1) is 16.3. The number of halogens is 1. The van der Waals surface area contributed by atoms with Crippen LogP contribution in [0.15, 0.2) is 48.5 Å². The maximum atomic E-state index is 12.3. The standard InChI is InChI=1S/C17H20FNO3/c1-19(11-17(22)16(21)10-18)14-6-2-12(3-7-14)13-4-8-15(20)9-5-13/h2-9,16-17,20-22H,10-11H2,1H3. The summed E-state index contributed by atoms with van der Waals surface area (Å²) >= 11 is 0. The molecule has 5 heteroatoms. The van der Waals surface area contributed by atoms with E-state index in [4.69, 9.17) is 0 Å². The molecule has 3 N–H and O–H groups in total. The lowest BCUT2D eigenvalue weighted by Gasteiger charge is -2.24. The molecule has 0 saturated heterocycles. The Morgan fingerprint density at radius 3 is 1.91 bits per heavy atom. The number of nitrogens with zero attached hydrogens (tertiary/aromatic N) is 1. The van der Waals surface area contributed by atoms with Crippen LogP contribution in [-0.4, -0.2) is 47.8 Å². The molecule has 2 unspecified atom stereocenters. The molecule has 0 saturated carbocycles. The van der Waals surface area contributed by atoms with Crippen molar-refractivity contribution in [1.29, 1.82) is 0 Å². The van der Waals surface area contributed by atoms with Gasteiger partial charge in [0.2, 0.25) is 0 Å². The van der Waals surface area contributed by atoms with Gasteiger partial charge in [-0.3, -0.25) is 0 Å². The van der Waals surface area contributed by atoms with Gasteiger partial charge >= 0.3 is 0 Å². The number of benzene rings is 2. The van der Waals surface area contributed by atoms with Gasteiger partial charge in [0.25, 0.3) is 0 Å². The third kappa shape index (κ3) is 3.96. The molecule has 2 atom stereocenters. The minimum atomic E-state index is -1.36. The lowest BCUT2D eigenvalue weighted by molar-refractivity contribution is 0.0102. The Balaban J connectivity index is 2.06. The fourth-order valence-corrected chi connectivity index (χ4v) is 2.17. The summed E-state index contributed by atoms with van der Waals surface area (Å²) in [6.07, 6.45) is -2.49. The number of hydrogen-bond acceptors (Lipinski definition) is 4. The molecule has 0 aliphatic rings. The normalized spacial score (nSPS) is 13.6. The largest absolute Gasteiger partial charge is 0.508 e. The van der Waals surface area contributed by atoms with Gasteiger partial charge in [0.15, 0.2) is 0 Å². The number of phenols is 1. The van der Waals surface area contributed by atoms with E-state index in [9.17, 15) is 19.7 Å². The predicted molar refractivity (Wildman–Crippen MR) is 84.8 cm³/mol. The summed E-state index contributed by atoms with van der Waals surface area (Å²) in [5.41, 5.74) is 2.84. The zero-order valence-corrected chi connectivity index (χ0v) is 12.4. The number of aromatic hydroxyl groups is 1. The van der Waals surface area contributed by atoms with Crippen molar-refractivity contribution in [3.05, 3.63) is 48.5 Å². The molecule has 0 aromatic heterocycles. The van der Waals surface area contributed by atoms with Crippen LogP contribution in [0.1, 0.15) is 0 Å². The first-order chi connectivity index (χ1) is 10.5. The number of alkyl halides is 1. The Hall–Kier alpha value is -2.11. The molecule has 4 nitrogen and oxygen atoms in total. The van der Waals surface area contributed by atoms with Crippen LogP contribution in [0, 0.1) is 0 Å². The summed E-state index contributed by atoms with van der Waals surface area (Å²) in [4.78, 5) is 1.75. The smallest absolute Gasteiger partial charge is 0.118 e. The monoisotopic (exact) mass is 305 g/mol. The van der Waals surface area contributed by atoms with Gasteiger partial charge < -0.3 is 20.2 Å². The number of rotatable bonds is 6. The van der Waals surface area contributed by atoms with Crippen LogP contribution < -0.4 is 4.90 Å². The van der Waals surface area contributed by atoms with Crippen molar-refractivity contribution in [2.75, 3.05) is 25.2 Å². The van der Waals surface area contributed by atoms with Crippen LogP contribution in [0.5, 0.6) is 5.75 Å². The van der Waals surface area contributed by atoms with Crippen molar-refractivity contribution in [2.45, 2.75) is 12.2 Å². The Morgan fingerprint density at radius 1 is 0.909 bits per heavy atom. The fourth-order valence-electron chi connectivity index (χ4n) is 2.17. The molecular weight excluding hydrogens is 285 g/mol. The minimum Gasteiger partial charge on any atom is -0.508 e. The molecular formula is C17H20FNO3. The molecule has 0 aliphatic heterocycles. The Bertz CT molecular complexity index is 586. The number of phenolic OH excluding ortho intramolecular Hbond substituents is 1. The van der Waals surface area contributed by atoms with E-state index in [1.165, 1.54) is 0 Å². The molecule has 0 heterocycles. The second-order valence-electron chi connectivity index (χ2n) is 5.26. The molecule has 0 spiro atoms. The summed E-state index contributed by atoms with van der Waals surface area (Å²) in [7, 11) is 1.77. The molecule has 22 heavy (non-hydrogen) atoms. The fraction of sp³-hybridized carbons (Fsp3) is 0.294. The van der Waals surface area contributed by atoms with Gasteiger partial charge in [-0.25, -0.2) is 4.39 Å². The van der Waals surface area contributed by atoms with E-state index in [0.29, 0.717) is 0 Å². The minimum absolute atomic E-state index is 0.143. The average Bonchev–Trinajstić information content (AvgIpc) is 2.54. The summed E-state index contributed by atoms with van der Waals surface area (Å²) in [6.45, 7) is -0.821. The number of hydrogen-bond donors (Lipinski definition) is 3. The Kier molecular flexibility index (Phi) is 5.35. The van der Waals surface area contributed by atoms with Gasteiger partial charge in [-0.05, 0) is 35.4 Å². The van der Waals surface area contributed by atoms with Crippen molar-refractivity contribution < 1.29 is 19.7 Å². The zero-order chi connectivity index (χ0) is 16.1. The van der Waals surface area contributed by atoms with Crippen LogP contribution in [0.25, 0.3) is 11.1 Å². The van der Waals surface area contributed by atoms with Crippen molar-refractivity contribution in [2.24, 2.45) is 0 Å². The van der Waals surface area contributed by atoms with E-state index >= 15 is 0 Å². The molecule has 118 valence electrons. The van der Waals surface area contributed by atoms with Crippen molar-refractivity contribution in [1.82, 2.24) is 0 Å². The van der Waals surface area contributed by atoms with Crippen molar-refractivity contribution >= 4 is 5.69 Å². The maximum absolute atomic E-state index is 12.3. The first-order valence-corrected chi connectivity index (χ1v) is 7.04. The third-order valence-electron chi connectivity index (χ3n) is 3.57. The number of anilines is 1. The number of likely N-dealkylation sites (N-methyl/N-ethyl adjacent to an activating group) is 1. The lowest BCUT2D eigenvalue weighted by atomic mass is 10.0. The van der Waals surface area contributed by atoms with Gasteiger partial charge in [0.05, 0.1) is 6.10 Å². The van der Waals surface area contributed by atoms with E-state index in [1.807, 2.05) is 36.4 Å². The predicted octanol–water partition coefficient (Wildman–Crippen LogP) is 2.19. The highest BCUT2D eigenvalue weighted by molar-refractivity contribution is 5.66. The molecule has 0 bridgehead atoms. The highest BCUT2D eigenvalue weighted by Gasteiger charge is 2.18. The summed E-state index contributed by atoms with van der Waals surface area (Å²) < 4.78 is 12.3. The van der Waals surface area contributed by atoms with Crippen molar-refractivity contribution in [3.8, 4) is 16.9 Å². The maximum Gasteiger partial charge on any atom is 0.118 e. The third-order valence-corrected chi connectivity index (χ3v) is 3.57. The van der Waals surface area contributed by atoms with E-state index in [1.54, 1.807) is 24.1 Å². The Morgan fingerprint density at radius 2 is 1.41 bits per heavy atom. The first-order valence-electron chi connectivity index (χ1n) is 7.04. The Labute approximate surface area is 129 Å². The highest BCUT2D eigenvalue weighted by atomic mass is 19.1. The quantitative estimate of drug-likeness (QED) is 0.765. The summed E-state index contributed by atoms with van der Waals surface area (Å²) in [5.74, 6) is 0.223. The van der Waals surface area contributed by atoms with Gasteiger partial charge in [0.1, 0.15) is 18.5 Å². The average molecular weight is 305 g/mol. The van der Waals surface area contributed by atoms with Crippen LogP contribution in [-0.2, 0) is 0 Å². The zero-order valence-electron chi connectivity index (χ0n) is 12.4. The van der Waals surface area contributed by atoms with Gasteiger partial charge in [-0.2, -0.15) is 0 Å². The SMILES string of the molecule is CN(CC(O)C(O)CF)c1ccc(-c2ccc(O)cc2)cc1. The van der Waals surface area contributed by atoms with Crippen LogP contribution in [0.4, 0.5) is 10.1 Å². The second kappa shape index (κ2) is 7.24. The molecule has 0 radical (unpaired) electrons. The van der Waals surface area contributed by atoms with E-state index in [-0.39, 0.29) is 12.3 Å². The van der Waals surface area contributed by atoms with Gasteiger partial charge in [-0.1, -0.05) is 24.3 Å². The lowest BCUT2D eigenvalue weighted by Crippen LogP contribution is -2.38. The summed E-state index contributed by atoms with van der Waals surface area (Å²) in [5, 5.41) is 28.2. The van der Waals surface area contributed by atoms with Crippen LogP contribution in [0.2, 0.25) is 0 Å². The topological polar surface area (TPSA) is 63.9 Å².